The molecule has 2 fully saturated rings. The molecular weight excluding hydrogens is 479 g/mol. The van der Waals surface area contributed by atoms with Crippen molar-refractivity contribution < 1.29 is 9.47 Å². The SMILES string of the molecule is CCNC(=NCC1CCCN(CC(C)C)C1)N1CCC(OCCCOC)CC1.I. The van der Waals surface area contributed by atoms with Gasteiger partial charge in [-0.15, -0.1) is 24.0 Å². The van der Waals surface area contributed by atoms with Gasteiger partial charge in [-0.2, -0.15) is 0 Å². The summed E-state index contributed by atoms with van der Waals surface area (Å²) in [5.74, 6) is 2.54. The summed E-state index contributed by atoms with van der Waals surface area (Å²) >= 11 is 0. The van der Waals surface area contributed by atoms with Crippen LogP contribution < -0.4 is 5.32 Å². The third-order valence-corrected chi connectivity index (χ3v) is 5.65. The number of rotatable bonds is 10. The molecule has 1 unspecified atom stereocenters. The first kappa shape index (κ1) is 26.9. The third-order valence-electron chi connectivity index (χ3n) is 5.65. The first-order valence-corrected chi connectivity index (χ1v) is 11.5. The third kappa shape index (κ3) is 10.6. The van der Waals surface area contributed by atoms with Gasteiger partial charge in [0, 0.05) is 59.6 Å². The molecular formula is C22H45IN4O2. The molecule has 0 aliphatic carbocycles. The highest BCUT2D eigenvalue weighted by atomic mass is 127. The molecule has 1 N–H and O–H groups in total. The van der Waals surface area contributed by atoms with Crippen LogP contribution in [0.15, 0.2) is 4.99 Å². The summed E-state index contributed by atoms with van der Waals surface area (Å²) in [6.07, 6.45) is 6.17. The van der Waals surface area contributed by atoms with Crippen LogP contribution in [0, 0.1) is 11.8 Å². The highest BCUT2D eigenvalue weighted by molar-refractivity contribution is 14.0. The second-order valence-electron chi connectivity index (χ2n) is 8.76. The van der Waals surface area contributed by atoms with Gasteiger partial charge in [-0.05, 0) is 57.4 Å². The highest BCUT2D eigenvalue weighted by Crippen LogP contribution is 2.19. The van der Waals surface area contributed by atoms with E-state index in [1.165, 1.54) is 32.5 Å². The second-order valence-corrected chi connectivity index (χ2v) is 8.76. The van der Waals surface area contributed by atoms with Crippen LogP contribution in [0.4, 0.5) is 0 Å². The standard InChI is InChI=1S/C22H44N4O2.HI/c1-5-23-22(24-16-20-8-6-11-25(18-20)17-19(2)3)26-12-9-21(10-13-26)28-15-7-14-27-4;/h19-21H,5-18H2,1-4H3,(H,23,24);1H. The number of nitrogens with one attached hydrogen (secondary N) is 1. The highest BCUT2D eigenvalue weighted by Gasteiger charge is 2.23. The van der Waals surface area contributed by atoms with Crippen LogP contribution >= 0.6 is 24.0 Å². The zero-order valence-electron chi connectivity index (χ0n) is 19.2. The molecule has 0 amide bonds. The first-order chi connectivity index (χ1) is 13.6. The first-order valence-electron chi connectivity index (χ1n) is 11.5. The quantitative estimate of drug-likeness (QED) is 0.205. The molecule has 1 atom stereocenters. The monoisotopic (exact) mass is 524 g/mol. The van der Waals surface area contributed by atoms with E-state index >= 15 is 0 Å². The molecule has 7 heteroatoms. The normalized spacial score (nSPS) is 22.0. The number of aliphatic imine (C=N–C) groups is 1. The topological polar surface area (TPSA) is 49.3 Å². The molecule has 2 rings (SSSR count). The van der Waals surface area contributed by atoms with Crippen LogP contribution in [0.25, 0.3) is 0 Å². The minimum absolute atomic E-state index is 0. The molecule has 2 heterocycles. The molecule has 0 spiro atoms. The van der Waals surface area contributed by atoms with E-state index in [1.54, 1.807) is 7.11 Å². The van der Waals surface area contributed by atoms with Gasteiger partial charge in [0.2, 0.25) is 0 Å². The molecule has 0 aromatic heterocycles. The number of ether oxygens (including phenoxy) is 2. The Labute approximate surface area is 196 Å². The molecule has 6 nitrogen and oxygen atoms in total. The number of nitrogens with zero attached hydrogens (tertiary/aromatic N) is 3. The number of halogens is 1. The van der Waals surface area contributed by atoms with Gasteiger partial charge in [0.15, 0.2) is 5.96 Å². The zero-order valence-corrected chi connectivity index (χ0v) is 21.5. The lowest BCUT2D eigenvalue weighted by Crippen LogP contribution is -2.47. The summed E-state index contributed by atoms with van der Waals surface area (Å²) in [4.78, 5) is 10.1. The molecule has 0 bridgehead atoms. The van der Waals surface area contributed by atoms with Gasteiger partial charge >= 0.3 is 0 Å². The van der Waals surface area contributed by atoms with Crippen LogP contribution in [-0.4, -0.2) is 88.0 Å². The van der Waals surface area contributed by atoms with Gasteiger partial charge in [0.1, 0.15) is 0 Å². The van der Waals surface area contributed by atoms with Crippen molar-refractivity contribution in [3.05, 3.63) is 0 Å². The number of methoxy groups -OCH3 is 1. The number of guanidine groups is 1. The Balaban J connectivity index is 0.00000420. The van der Waals surface area contributed by atoms with E-state index in [-0.39, 0.29) is 24.0 Å². The maximum absolute atomic E-state index is 6.00. The lowest BCUT2D eigenvalue weighted by molar-refractivity contribution is 0.00988. The molecule has 0 aromatic carbocycles. The second kappa shape index (κ2) is 15.6. The smallest absolute Gasteiger partial charge is 0.193 e. The fourth-order valence-corrected chi connectivity index (χ4v) is 4.31. The molecule has 2 aliphatic rings. The van der Waals surface area contributed by atoms with E-state index in [0.717, 1.165) is 70.5 Å². The van der Waals surface area contributed by atoms with Gasteiger partial charge in [-0.1, -0.05) is 13.8 Å². The van der Waals surface area contributed by atoms with Gasteiger partial charge < -0.3 is 24.6 Å². The van der Waals surface area contributed by atoms with Crippen molar-refractivity contribution in [1.82, 2.24) is 15.1 Å². The summed E-state index contributed by atoms with van der Waals surface area (Å²) in [6.45, 7) is 16.0. The summed E-state index contributed by atoms with van der Waals surface area (Å²) in [5, 5.41) is 3.52. The van der Waals surface area contributed by atoms with Crippen molar-refractivity contribution in [1.29, 1.82) is 0 Å². The van der Waals surface area contributed by atoms with E-state index in [2.05, 4.69) is 35.9 Å². The lowest BCUT2D eigenvalue weighted by Gasteiger charge is -2.35. The van der Waals surface area contributed by atoms with Crippen molar-refractivity contribution in [2.24, 2.45) is 16.8 Å². The van der Waals surface area contributed by atoms with Crippen molar-refractivity contribution in [2.75, 3.05) is 66.1 Å². The maximum atomic E-state index is 6.00. The molecule has 0 saturated carbocycles. The summed E-state index contributed by atoms with van der Waals surface area (Å²) in [7, 11) is 1.75. The number of piperidine rings is 2. The number of likely N-dealkylation sites (tertiary alicyclic amines) is 2. The Bertz CT molecular complexity index is 443. The Morgan fingerprint density at radius 1 is 1.14 bits per heavy atom. The molecule has 0 aromatic rings. The molecule has 29 heavy (non-hydrogen) atoms. The van der Waals surface area contributed by atoms with Crippen molar-refractivity contribution in [2.45, 2.75) is 59.0 Å². The largest absolute Gasteiger partial charge is 0.385 e. The average molecular weight is 525 g/mol. The van der Waals surface area contributed by atoms with E-state index in [4.69, 9.17) is 14.5 Å². The van der Waals surface area contributed by atoms with E-state index in [0.29, 0.717) is 12.0 Å². The number of hydrogen-bond donors (Lipinski definition) is 1. The summed E-state index contributed by atoms with van der Waals surface area (Å²) in [6, 6.07) is 0. The van der Waals surface area contributed by atoms with Crippen molar-refractivity contribution in [3.8, 4) is 0 Å². The lowest BCUT2D eigenvalue weighted by atomic mass is 9.97. The number of hydrogen-bond acceptors (Lipinski definition) is 4. The predicted octanol–water partition coefficient (Wildman–Crippen LogP) is 3.46. The fraction of sp³-hybridized carbons (Fsp3) is 0.955. The maximum Gasteiger partial charge on any atom is 0.193 e. The molecule has 2 aliphatic heterocycles. The van der Waals surface area contributed by atoms with Crippen LogP contribution in [0.3, 0.4) is 0 Å². The Morgan fingerprint density at radius 2 is 1.90 bits per heavy atom. The van der Waals surface area contributed by atoms with Gasteiger partial charge in [0.25, 0.3) is 0 Å². The minimum atomic E-state index is 0. The van der Waals surface area contributed by atoms with Crippen LogP contribution in [-0.2, 0) is 9.47 Å². The van der Waals surface area contributed by atoms with E-state index in [9.17, 15) is 0 Å². The zero-order chi connectivity index (χ0) is 20.2. The fourth-order valence-electron chi connectivity index (χ4n) is 4.31. The molecule has 0 radical (unpaired) electrons. The summed E-state index contributed by atoms with van der Waals surface area (Å²) in [5.41, 5.74) is 0. The van der Waals surface area contributed by atoms with Crippen molar-refractivity contribution >= 4 is 29.9 Å². The van der Waals surface area contributed by atoms with Gasteiger partial charge in [0.05, 0.1) is 6.10 Å². The van der Waals surface area contributed by atoms with Crippen LogP contribution in [0.5, 0.6) is 0 Å². The minimum Gasteiger partial charge on any atom is -0.385 e. The predicted molar refractivity (Wildman–Crippen MR) is 132 cm³/mol. The van der Waals surface area contributed by atoms with Gasteiger partial charge in [-0.3, -0.25) is 4.99 Å². The van der Waals surface area contributed by atoms with E-state index in [1.807, 2.05) is 0 Å². The average Bonchev–Trinajstić information content (AvgIpc) is 2.69. The van der Waals surface area contributed by atoms with Crippen LogP contribution in [0.1, 0.15) is 52.9 Å². The Morgan fingerprint density at radius 3 is 2.55 bits per heavy atom. The Hall–Kier alpha value is -0.120. The molecule has 2 saturated heterocycles. The molecule has 172 valence electrons. The Kier molecular flexibility index (Phi) is 14.5. The van der Waals surface area contributed by atoms with E-state index < -0.39 is 0 Å². The van der Waals surface area contributed by atoms with Crippen LogP contribution in [0.2, 0.25) is 0 Å². The summed E-state index contributed by atoms with van der Waals surface area (Å²) < 4.78 is 11.1. The van der Waals surface area contributed by atoms with Crippen molar-refractivity contribution in [3.63, 3.8) is 0 Å². The van der Waals surface area contributed by atoms with Gasteiger partial charge in [-0.25, -0.2) is 0 Å².